The first-order valence-corrected chi connectivity index (χ1v) is 7.03. The number of nitro benzene ring substituents is 1. The second kappa shape index (κ2) is 6.18. The van der Waals surface area contributed by atoms with Crippen molar-refractivity contribution in [2.45, 2.75) is 32.1 Å². The van der Waals surface area contributed by atoms with E-state index in [0.29, 0.717) is 18.3 Å². The smallest absolute Gasteiger partial charge is 0.310 e. The van der Waals surface area contributed by atoms with Crippen molar-refractivity contribution in [1.29, 1.82) is 0 Å². The summed E-state index contributed by atoms with van der Waals surface area (Å²) in [4.78, 5) is 10.5. The molecule has 1 saturated carbocycles. The first-order valence-electron chi connectivity index (χ1n) is 6.23. The molecule has 0 saturated heterocycles. The van der Waals surface area contributed by atoms with Gasteiger partial charge in [0.25, 0.3) is 0 Å². The van der Waals surface area contributed by atoms with E-state index in [2.05, 4.69) is 15.9 Å². The molecule has 1 aliphatic carbocycles. The van der Waals surface area contributed by atoms with Crippen LogP contribution in [0.2, 0.25) is 0 Å². The maximum Gasteiger partial charge on any atom is 0.310 e. The summed E-state index contributed by atoms with van der Waals surface area (Å²) in [6, 6.07) is 4.80. The summed E-state index contributed by atoms with van der Waals surface area (Å²) < 4.78 is 6.44. The standard InChI is InChI=1S/C13H16BrNO3/c14-11-6-7-12(15(16)17)13(8-11)18-9-10-4-2-1-3-5-10/h6-8,10H,1-5,9H2. The Bertz CT molecular complexity index is 430. The van der Waals surface area contributed by atoms with E-state index in [1.807, 2.05) is 0 Å². The molecule has 1 aromatic carbocycles. The average molecular weight is 314 g/mol. The molecule has 98 valence electrons. The maximum atomic E-state index is 10.9. The number of nitro groups is 1. The third kappa shape index (κ3) is 3.45. The van der Waals surface area contributed by atoms with E-state index in [1.54, 1.807) is 12.1 Å². The largest absolute Gasteiger partial charge is 0.486 e. The van der Waals surface area contributed by atoms with Crippen LogP contribution in [0.25, 0.3) is 0 Å². The highest BCUT2D eigenvalue weighted by Gasteiger charge is 2.18. The Hall–Kier alpha value is -1.10. The van der Waals surface area contributed by atoms with Crippen LogP contribution in [0.4, 0.5) is 5.69 Å². The minimum atomic E-state index is -0.400. The number of hydrogen-bond donors (Lipinski definition) is 0. The van der Waals surface area contributed by atoms with Crippen molar-refractivity contribution in [2.75, 3.05) is 6.61 Å². The van der Waals surface area contributed by atoms with Gasteiger partial charge in [0.15, 0.2) is 5.75 Å². The average Bonchev–Trinajstić information content (AvgIpc) is 2.37. The molecule has 0 atom stereocenters. The Morgan fingerprint density at radius 3 is 2.72 bits per heavy atom. The van der Waals surface area contributed by atoms with E-state index in [-0.39, 0.29) is 5.69 Å². The van der Waals surface area contributed by atoms with Crippen LogP contribution in [-0.2, 0) is 0 Å². The Kier molecular flexibility index (Phi) is 4.58. The van der Waals surface area contributed by atoms with Gasteiger partial charge in [-0.15, -0.1) is 0 Å². The zero-order chi connectivity index (χ0) is 13.0. The Morgan fingerprint density at radius 2 is 2.06 bits per heavy atom. The zero-order valence-corrected chi connectivity index (χ0v) is 11.7. The van der Waals surface area contributed by atoms with Gasteiger partial charge in [0.2, 0.25) is 0 Å². The van der Waals surface area contributed by atoms with Crippen LogP contribution in [0.3, 0.4) is 0 Å². The first kappa shape index (κ1) is 13.3. The zero-order valence-electron chi connectivity index (χ0n) is 10.1. The maximum absolute atomic E-state index is 10.9. The molecular formula is C13H16BrNO3. The van der Waals surface area contributed by atoms with Crippen LogP contribution in [0.5, 0.6) is 5.75 Å². The number of nitrogens with zero attached hydrogens (tertiary/aromatic N) is 1. The molecule has 0 N–H and O–H groups in total. The van der Waals surface area contributed by atoms with Crippen LogP contribution >= 0.6 is 15.9 Å². The molecule has 0 aromatic heterocycles. The van der Waals surface area contributed by atoms with Crippen molar-refractivity contribution in [1.82, 2.24) is 0 Å². The molecule has 0 radical (unpaired) electrons. The van der Waals surface area contributed by atoms with Crippen molar-refractivity contribution in [3.63, 3.8) is 0 Å². The Morgan fingerprint density at radius 1 is 1.33 bits per heavy atom. The third-order valence-corrected chi connectivity index (χ3v) is 3.81. The predicted molar refractivity (Wildman–Crippen MR) is 72.9 cm³/mol. The van der Waals surface area contributed by atoms with Gasteiger partial charge in [-0.05, 0) is 24.8 Å². The molecule has 0 amide bonds. The van der Waals surface area contributed by atoms with Gasteiger partial charge >= 0.3 is 5.69 Å². The molecule has 5 heteroatoms. The first-order chi connectivity index (χ1) is 8.66. The molecule has 0 spiro atoms. The van der Waals surface area contributed by atoms with Gasteiger partial charge in [-0.2, -0.15) is 0 Å². The lowest BCUT2D eigenvalue weighted by atomic mass is 9.90. The lowest BCUT2D eigenvalue weighted by molar-refractivity contribution is -0.385. The highest BCUT2D eigenvalue weighted by molar-refractivity contribution is 9.10. The van der Waals surface area contributed by atoms with E-state index in [4.69, 9.17) is 4.74 Å². The monoisotopic (exact) mass is 313 g/mol. The quantitative estimate of drug-likeness (QED) is 0.614. The van der Waals surface area contributed by atoms with Crippen molar-refractivity contribution in [3.05, 3.63) is 32.8 Å². The molecule has 1 aliphatic rings. The summed E-state index contributed by atoms with van der Waals surface area (Å²) in [5, 5.41) is 10.9. The molecule has 0 heterocycles. The van der Waals surface area contributed by atoms with Gasteiger partial charge in [-0.3, -0.25) is 10.1 Å². The fourth-order valence-electron chi connectivity index (χ4n) is 2.32. The van der Waals surface area contributed by atoms with Gasteiger partial charge in [0.1, 0.15) is 0 Å². The number of hydrogen-bond acceptors (Lipinski definition) is 3. The number of benzene rings is 1. The van der Waals surface area contributed by atoms with Crippen molar-refractivity contribution in [2.24, 2.45) is 5.92 Å². The van der Waals surface area contributed by atoms with E-state index >= 15 is 0 Å². The lowest BCUT2D eigenvalue weighted by Crippen LogP contribution is -2.15. The summed E-state index contributed by atoms with van der Waals surface area (Å²) in [7, 11) is 0. The second-order valence-corrected chi connectivity index (χ2v) is 5.60. The highest BCUT2D eigenvalue weighted by atomic mass is 79.9. The van der Waals surface area contributed by atoms with E-state index in [9.17, 15) is 10.1 Å². The van der Waals surface area contributed by atoms with Crippen LogP contribution < -0.4 is 4.74 Å². The predicted octanol–water partition coefficient (Wildman–Crippen LogP) is 4.32. The van der Waals surface area contributed by atoms with Gasteiger partial charge < -0.3 is 4.74 Å². The van der Waals surface area contributed by atoms with Crippen molar-refractivity contribution < 1.29 is 9.66 Å². The lowest BCUT2D eigenvalue weighted by Gasteiger charge is -2.21. The number of ether oxygens (including phenoxy) is 1. The summed E-state index contributed by atoms with van der Waals surface area (Å²) in [5.74, 6) is 0.900. The van der Waals surface area contributed by atoms with Gasteiger partial charge in [-0.1, -0.05) is 35.2 Å². The van der Waals surface area contributed by atoms with Crippen LogP contribution in [-0.4, -0.2) is 11.5 Å². The fraction of sp³-hybridized carbons (Fsp3) is 0.538. The van der Waals surface area contributed by atoms with Crippen molar-refractivity contribution in [3.8, 4) is 5.75 Å². The molecular weight excluding hydrogens is 298 g/mol. The van der Waals surface area contributed by atoms with E-state index < -0.39 is 4.92 Å². The van der Waals surface area contributed by atoms with Crippen LogP contribution in [0, 0.1) is 16.0 Å². The topological polar surface area (TPSA) is 52.4 Å². The molecule has 0 aliphatic heterocycles. The second-order valence-electron chi connectivity index (χ2n) is 4.68. The van der Waals surface area contributed by atoms with Gasteiger partial charge in [-0.25, -0.2) is 0 Å². The Labute approximate surface area is 115 Å². The minimum Gasteiger partial charge on any atom is -0.486 e. The number of halogens is 1. The molecule has 4 nitrogen and oxygen atoms in total. The summed E-state index contributed by atoms with van der Waals surface area (Å²) in [6.45, 7) is 0.581. The molecule has 0 unspecified atom stereocenters. The molecule has 1 fully saturated rings. The minimum absolute atomic E-state index is 0.0361. The molecule has 1 aromatic rings. The van der Waals surface area contributed by atoms with Crippen molar-refractivity contribution >= 4 is 21.6 Å². The number of rotatable bonds is 4. The third-order valence-electron chi connectivity index (χ3n) is 3.32. The SMILES string of the molecule is O=[N+]([O-])c1ccc(Br)cc1OCC1CCCCC1. The highest BCUT2D eigenvalue weighted by Crippen LogP contribution is 2.32. The van der Waals surface area contributed by atoms with E-state index in [0.717, 1.165) is 4.47 Å². The molecule has 18 heavy (non-hydrogen) atoms. The molecule has 0 bridgehead atoms. The normalized spacial score (nSPS) is 16.5. The summed E-state index contributed by atoms with van der Waals surface area (Å²) in [5.41, 5.74) is 0.0361. The van der Waals surface area contributed by atoms with Gasteiger partial charge in [0.05, 0.1) is 11.5 Å². The summed E-state index contributed by atoms with van der Waals surface area (Å²) >= 11 is 3.31. The fourth-order valence-corrected chi connectivity index (χ4v) is 2.66. The summed E-state index contributed by atoms with van der Waals surface area (Å²) in [6.07, 6.45) is 6.13. The van der Waals surface area contributed by atoms with E-state index in [1.165, 1.54) is 38.2 Å². The van der Waals surface area contributed by atoms with Gasteiger partial charge in [0, 0.05) is 16.6 Å². The van der Waals surface area contributed by atoms with Crippen LogP contribution in [0.15, 0.2) is 22.7 Å². The molecule has 2 rings (SSSR count). The Balaban J connectivity index is 2.03. The van der Waals surface area contributed by atoms with Crippen LogP contribution in [0.1, 0.15) is 32.1 Å².